The molecule has 0 amide bonds. The van der Waals surface area contributed by atoms with Crippen molar-refractivity contribution in [1.29, 1.82) is 0 Å². The number of nitrogens with zero attached hydrogens (tertiary/aromatic N) is 1. The van der Waals surface area contributed by atoms with E-state index in [-0.39, 0.29) is 5.78 Å². The van der Waals surface area contributed by atoms with Crippen molar-refractivity contribution < 1.29 is 4.79 Å². The van der Waals surface area contributed by atoms with Crippen molar-refractivity contribution in [3.8, 4) is 0 Å². The number of carbonyl (C=O) groups is 1. The fraction of sp³-hybridized carbons (Fsp3) is 0.533. The lowest BCUT2D eigenvalue weighted by atomic mass is 9.98. The van der Waals surface area contributed by atoms with Crippen molar-refractivity contribution in [3.63, 3.8) is 0 Å². The van der Waals surface area contributed by atoms with E-state index >= 15 is 0 Å². The SMILES string of the molecule is CC1CCN(CCC(=O)c2ccccc2N)CC1. The molecule has 0 aliphatic carbocycles. The van der Waals surface area contributed by atoms with Crippen LogP contribution in [0.25, 0.3) is 0 Å². The number of nitrogens with two attached hydrogens (primary N) is 1. The lowest BCUT2D eigenvalue weighted by Gasteiger charge is -2.29. The highest BCUT2D eigenvalue weighted by Gasteiger charge is 2.17. The second-order valence-electron chi connectivity index (χ2n) is 5.28. The third-order valence-corrected chi connectivity index (χ3v) is 3.79. The number of hydrogen-bond donors (Lipinski definition) is 1. The fourth-order valence-corrected chi connectivity index (χ4v) is 2.43. The van der Waals surface area contributed by atoms with Crippen LogP contribution in [0, 0.1) is 5.92 Å². The average Bonchev–Trinajstić information content (AvgIpc) is 2.38. The highest BCUT2D eigenvalue weighted by atomic mass is 16.1. The van der Waals surface area contributed by atoms with Crippen LogP contribution in [0.5, 0.6) is 0 Å². The van der Waals surface area contributed by atoms with Gasteiger partial charge in [0.1, 0.15) is 0 Å². The standard InChI is InChI=1S/C15H22N2O/c1-12-6-9-17(10-7-12)11-8-15(18)13-4-2-3-5-14(13)16/h2-5,12H,6-11,16H2,1H3. The molecule has 1 heterocycles. The lowest BCUT2D eigenvalue weighted by molar-refractivity contribution is 0.0953. The van der Waals surface area contributed by atoms with Gasteiger partial charge in [-0.05, 0) is 44.0 Å². The van der Waals surface area contributed by atoms with Crippen LogP contribution in [0.15, 0.2) is 24.3 Å². The molecule has 1 aliphatic heterocycles. The first kappa shape index (κ1) is 13.1. The number of anilines is 1. The van der Waals surface area contributed by atoms with E-state index in [1.165, 1.54) is 12.8 Å². The Hall–Kier alpha value is -1.35. The third kappa shape index (κ3) is 3.33. The number of para-hydroxylation sites is 1. The first-order chi connectivity index (χ1) is 8.66. The molecule has 0 spiro atoms. The number of likely N-dealkylation sites (tertiary alicyclic amines) is 1. The summed E-state index contributed by atoms with van der Waals surface area (Å²) in [7, 11) is 0. The maximum atomic E-state index is 12.1. The van der Waals surface area contributed by atoms with E-state index in [0.717, 1.165) is 25.6 Å². The van der Waals surface area contributed by atoms with Gasteiger partial charge in [0.25, 0.3) is 0 Å². The Labute approximate surface area is 109 Å². The molecule has 1 aliphatic rings. The van der Waals surface area contributed by atoms with Crippen LogP contribution in [0.3, 0.4) is 0 Å². The summed E-state index contributed by atoms with van der Waals surface area (Å²) < 4.78 is 0. The Kier molecular flexibility index (Phi) is 4.37. The van der Waals surface area contributed by atoms with Crippen molar-refractivity contribution in [2.45, 2.75) is 26.2 Å². The van der Waals surface area contributed by atoms with Gasteiger partial charge in [-0.25, -0.2) is 0 Å². The van der Waals surface area contributed by atoms with E-state index in [1.807, 2.05) is 18.2 Å². The first-order valence-corrected chi connectivity index (χ1v) is 6.77. The zero-order valence-electron chi connectivity index (χ0n) is 11.1. The minimum atomic E-state index is 0.159. The van der Waals surface area contributed by atoms with E-state index < -0.39 is 0 Å². The van der Waals surface area contributed by atoms with Crippen molar-refractivity contribution in [2.75, 3.05) is 25.4 Å². The molecule has 2 N–H and O–H groups in total. The molecule has 0 radical (unpaired) electrons. The minimum absolute atomic E-state index is 0.159. The van der Waals surface area contributed by atoms with Crippen LogP contribution in [0.4, 0.5) is 5.69 Å². The molecule has 3 nitrogen and oxygen atoms in total. The van der Waals surface area contributed by atoms with Crippen LogP contribution < -0.4 is 5.73 Å². The Morgan fingerprint density at radius 2 is 2.00 bits per heavy atom. The number of carbonyl (C=O) groups excluding carboxylic acids is 1. The predicted molar refractivity (Wildman–Crippen MR) is 74.6 cm³/mol. The van der Waals surface area contributed by atoms with Gasteiger partial charge in [-0.15, -0.1) is 0 Å². The zero-order chi connectivity index (χ0) is 13.0. The van der Waals surface area contributed by atoms with Crippen LogP contribution in [0.2, 0.25) is 0 Å². The summed E-state index contributed by atoms with van der Waals surface area (Å²) in [5.74, 6) is 0.994. The fourth-order valence-electron chi connectivity index (χ4n) is 2.43. The number of Topliss-reactive ketones (excluding diaryl/α,β-unsaturated/α-hetero) is 1. The van der Waals surface area contributed by atoms with Crippen LogP contribution in [-0.2, 0) is 0 Å². The molecule has 2 rings (SSSR count). The largest absolute Gasteiger partial charge is 0.398 e. The summed E-state index contributed by atoms with van der Waals surface area (Å²) in [4.78, 5) is 14.5. The van der Waals surface area contributed by atoms with Crippen LogP contribution >= 0.6 is 0 Å². The predicted octanol–water partition coefficient (Wildman–Crippen LogP) is 2.57. The zero-order valence-corrected chi connectivity index (χ0v) is 11.1. The van der Waals surface area contributed by atoms with E-state index in [0.29, 0.717) is 17.7 Å². The van der Waals surface area contributed by atoms with Gasteiger partial charge < -0.3 is 10.6 Å². The second kappa shape index (κ2) is 6.01. The van der Waals surface area contributed by atoms with Crippen molar-refractivity contribution in [2.24, 2.45) is 5.92 Å². The molecule has 3 heteroatoms. The summed E-state index contributed by atoms with van der Waals surface area (Å²) in [6.07, 6.45) is 3.08. The monoisotopic (exact) mass is 246 g/mol. The molecule has 0 unspecified atom stereocenters. The minimum Gasteiger partial charge on any atom is -0.398 e. The molecule has 98 valence electrons. The first-order valence-electron chi connectivity index (χ1n) is 6.77. The Morgan fingerprint density at radius 1 is 1.33 bits per heavy atom. The van der Waals surface area contributed by atoms with E-state index in [4.69, 9.17) is 5.73 Å². The summed E-state index contributed by atoms with van der Waals surface area (Å²) in [6.45, 7) is 5.41. The number of hydrogen-bond acceptors (Lipinski definition) is 3. The molecule has 1 aromatic carbocycles. The van der Waals surface area contributed by atoms with Crippen molar-refractivity contribution >= 4 is 11.5 Å². The number of piperidine rings is 1. The molecular weight excluding hydrogens is 224 g/mol. The maximum absolute atomic E-state index is 12.1. The molecule has 1 saturated heterocycles. The molecule has 0 saturated carbocycles. The number of rotatable bonds is 4. The molecule has 1 aromatic rings. The Bertz CT molecular complexity index is 409. The normalized spacial score (nSPS) is 17.8. The summed E-state index contributed by atoms with van der Waals surface area (Å²) in [6, 6.07) is 7.33. The molecule has 0 aromatic heterocycles. The van der Waals surface area contributed by atoms with Gasteiger partial charge in [-0.3, -0.25) is 4.79 Å². The van der Waals surface area contributed by atoms with Gasteiger partial charge in [-0.1, -0.05) is 19.1 Å². The molecule has 0 bridgehead atoms. The second-order valence-corrected chi connectivity index (χ2v) is 5.28. The highest BCUT2D eigenvalue weighted by Crippen LogP contribution is 2.17. The van der Waals surface area contributed by atoms with Gasteiger partial charge in [-0.2, -0.15) is 0 Å². The third-order valence-electron chi connectivity index (χ3n) is 3.79. The van der Waals surface area contributed by atoms with E-state index in [2.05, 4.69) is 11.8 Å². The lowest BCUT2D eigenvalue weighted by Crippen LogP contribution is -2.34. The van der Waals surface area contributed by atoms with E-state index in [1.54, 1.807) is 6.07 Å². The van der Waals surface area contributed by atoms with Crippen molar-refractivity contribution in [3.05, 3.63) is 29.8 Å². The smallest absolute Gasteiger partial charge is 0.166 e. The average molecular weight is 246 g/mol. The Morgan fingerprint density at radius 3 is 2.67 bits per heavy atom. The van der Waals surface area contributed by atoms with Gasteiger partial charge in [0.2, 0.25) is 0 Å². The topological polar surface area (TPSA) is 46.3 Å². The van der Waals surface area contributed by atoms with Gasteiger partial charge in [0.05, 0.1) is 0 Å². The van der Waals surface area contributed by atoms with Crippen LogP contribution in [-0.4, -0.2) is 30.3 Å². The van der Waals surface area contributed by atoms with Crippen molar-refractivity contribution in [1.82, 2.24) is 4.90 Å². The number of benzene rings is 1. The molecule has 18 heavy (non-hydrogen) atoms. The molecule has 0 atom stereocenters. The molecular formula is C15H22N2O. The maximum Gasteiger partial charge on any atom is 0.166 e. The highest BCUT2D eigenvalue weighted by molar-refractivity contribution is 6.00. The summed E-state index contributed by atoms with van der Waals surface area (Å²) in [5, 5.41) is 0. The van der Waals surface area contributed by atoms with Gasteiger partial charge >= 0.3 is 0 Å². The van der Waals surface area contributed by atoms with E-state index in [9.17, 15) is 4.79 Å². The quantitative estimate of drug-likeness (QED) is 0.656. The van der Waals surface area contributed by atoms with Crippen LogP contribution in [0.1, 0.15) is 36.5 Å². The Balaban J connectivity index is 1.84. The number of nitrogen functional groups attached to an aromatic ring is 1. The van der Waals surface area contributed by atoms with Gasteiger partial charge in [0, 0.05) is 24.2 Å². The summed E-state index contributed by atoms with van der Waals surface area (Å²) in [5.41, 5.74) is 7.08. The van der Waals surface area contributed by atoms with Gasteiger partial charge in [0.15, 0.2) is 5.78 Å². The summed E-state index contributed by atoms with van der Waals surface area (Å²) >= 11 is 0. The molecule has 1 fully saturated rings. The number of ketones is 1.